The van der Waals surface area contributed by atoms with Crippen molar-refractivity contribution in [1.29, 1.82) is 0 Å². The molecule has 0 aliphatic rings. The third-order valence-corrected chi connectivity index (χ3v) is 2.34. The molecule has 0 saturated heterocycles. The normalized spacial score (nSPS) is 10.5. The summed E-state index contributed by atoms with van der Waals surface area (Å²) in [5.74, 6) is 0.890. The molecule has 0 aliphatic heterocycles. The summed E-state index contributed by atoms with van der Waals surface area (Å²) in [7, 11) is 1.66. The van der Waals surface area contributed by atoms with Crippen molar-refractivity contribution in [3.63, 3.8) is 0 Å². The number of aliphatic hydroxyl groups is 1. The highest BCUT2D eigenvalue weighted by molar-refractivity contribution is 5.33. The lowest BCUT2D eigenvalue weighted by molar-refractivity contribution is 0.145. The Morgan fingerprint density at radius 2 is 2.06 bits per heavy atom. The van der Waals surface area contributed by atoms with Gasteiger partial charge in [0, 0.05) is 25.8 Å². The fourth-order valence-electron chi connectivity index (χ4n) is 1.45. The molecule has 4 nitrogen and oxygen atoms in total. The van der Waals surface area contributed by atoms with Gasteiger partial charge in [0.2, 0.25) is 0 Å². The highest BCUT2D eigenvalue weighted by Gasteiger charge is 2.01. The van der Waals surface area contributed by atoms with E-state index in [0.29, 0.717) is 13.2 Å². The Hall–Kier alpha value is -1.10. The van der Waals surface area contributed by atoms with E-state index in [-0.39, 0.29) is 6.61 Å². The van der Waals surface area contributed by atoms with Gasteiger partial charge in [-0.3, -0.25) is 0 Å². The van der Waals surface area contributed by atoms with Gasteiger partial charge >= 0.3 is 0 Å². The topological polar surface area (TPSA) is 50.7 Å². The van der Waals surface area contributed by atoms with Crippen molar-refractivity contribution >= 4 is 0 Å². The molecule has 0 bridgehead atoms. The van der Waals surface area contributed by atoms with E-state index in [1.165, 1.54) is 0 Å². The van der Waals surface area contributed by atoms with Crippen LogP contribution in [0.25, 0.3) is 0 Å². The highest BCUT2D eigenvalue weighted by Crippen LogP contribution is 2.17. The van der Waals surface area contributed by atoms with Gasteiger partial charge in [-0.1, -0.05) is 18.2 Å². The van der Waals surface area contributed by atoms with E-state index in [9.17, 15) is 0 Å². The van der Waals surface area contributed by atoms with Crippen molar-refractivity contribution in [1.82, 2.24) is 5.32 Å². The lowest BCUT2D eigenvalue weighted by Gasteiger charge is -2.11. The maximum absolute atomic E-state index is 8.68. The highest BCUT2D eigenvalue weighted by atomic mass is 16.5. The fraction of sp³-hybridized carbons (Fsp3) is 0.538. The Morgan fingerprint density at radius 3 is 2.82 bits per heavy atom. The van der Waals surface area contributed by atoms with Crippen LogP contribution in [0.15, 0.2) is 24.3 Å². The van der Waals surface area contributed by atoms with Crippen LogP contribution in [-0.2, 0) is 11.3 Å². The van der Waals surface area contributed by atoms with Gasteiger partial charge in [0.15, 0.2) is 0 Å². The van der Waals surface area contributed by atoms with E-state index >= 15 is 0 Å². The molecule has 17 heavy (non-hydrogen) atoms. The number of hydrogen-bond acceptors (Lipinski definition) is 4. The van der Waals surface area contributed by atoms with Gasteiger partial charge in [-0.15, -0.1) is 0 Å². The SMILES string of the molecule is COCCOc1ccccc1CNCCCO. The second-order valence-electron chi connectivity index (χ2n) is 3.70. The third-order valence-electron chi connectivity index (χ3n) is 2.34. The number of hydrogen-bond donors (Lipinski definition) is 2. The van der Waals surface area contributed by atoms with Gasteiger partial charge < -0.3 is 19.9 Å². The van der Waals surface area contributed by atoms with E-state index in [1.54, 1.807) is 7.11 Å². The Bertz CT molecular complexity index is 304. The van der Waals surface area contributed by atoms with Gasteiger partial charge in [-0.2, -0.15) is 0 Å². The second-order valence-corrected chi connectivity index (χ2v) is 3.70. The average molecular weight is 239 g/mol. The van der Waals surface area contributed by atoms with Crippen LogP contribution in [0, 0.1) is 0 Å². The quantitative estimate of drug-likeness (QED) is 0.635. The molecule has 0 atom stereocenters. The molecule has 0 heterocycles. The molecule has 1 aromatic rings. The van der Waals surface area contributed by atoms with Gasteiger partial charge in [0.25, 0.3) is 0 Å². The molecule has 0 spiro atoms. The Kier molecular flexibility index (Phi) is 7.38. The first-order chi connectivity index (χ1) is 8.38. The Labute approximate surface area is 103 Å². The minimum absolute atomic E-state index is 0.221. The number of rotatable bonds is 9. The van der Waals surface area contributed by atoms with Crippen molar-refractivity contribution in [2.24, 2.45) is 0 Å². The summed E-state index contributed by atoms with van der Waals surface area (Å²) >= 11 is 0. The lowest BCUT2D eigenvalue weighted by atomic mass is 10.2. The van der Waals surface area contributed by atoms with Crippen LogP contribution >= 0.6 is 0 Å². The maximum Gasteiger partial charge on any atom is 0.123 e. The summed E-state index contributed by atoms with van der Waals surface area (Å²) in [6, 6.07) is 7.94. The van der Waals surface area contributed by atoms with Gasteiger partial charge in [-0.05, 0) is 19.0 Å². The zero-order chi connectivity index (χ0) is 12.3. The second kappa shape index (κ2) is 8.98. The lowest BCUT2D eigenvalue weighted by Crippen LogP contribution is -2.16. The molecule has 1 rings (SSSR count). The van der Waals surface area contributed by atoms with Crippen LogP contribution in [0.4, 0.5) is 0 Å². The minimum atomic E-state index is 0.221. The molecular weight excluding hydrogens is 218 g/mol. The maximum atomic E-state index is 8.68. The largest absolute Gasteiger partial charge is 0.491 e. The Balaban J connectivity index is 2.40. The van der Waals surface area contributed by atoms with Crippen LogP contribution in [0.2, 0.25) is 0 Å². The van der Waals surface area contributed by atoms with E-state index in [0.717, 1.165) is 30.8 Å². The first kappa shape index (κ1) is 14.0. The summed E-state index contributed by atoms with van der Waals surface area (Å²) in [5.41, 5.74) is 1.13. The predicted molar refractivity (Wildman–Crippen MR) is 67.2 cm³/mol. The molecule has 96 valence electrons. The number of benzene rings is 1. The number of aliphatic hydroxyl groups excluding tert-OH is 1. The Morgan fingerprint density at radius 1 is 1.24 bits per heavy atom. The predicted octanol–water partition coefficient (Wildman–Crippen LogP) is 1.18. The molecule has 0 aliphatic carbocycles. The van der Waals surface area contributed by atoms with Crippen LogP contribution < -0.4 is 10.1 Å². The summed E-state index contributed by atoms with van der Waals surface area (Å²) in [5, 5.41) is 11.9. The number of ether oxygens (including phenoxy) is 2. The third kappa shape index (κ3) is 5.68. The number of nitrogens with one attached hydrogen (secondary N) is 1. The van der Waals surface area contributed by atoms with Gasteiger partial charge in [-0.25, -0.2) is 0 Å². The summed E-state index contributed by atoms with van der Waals surface area (Å²) in [6.07, 6.45) is 0.771. The fourth-order valence-corrected chi connectivity index (χ4v) is 1.45. The number of methoxy groups -OCH3 is 1. The average Bonchev–Trinajstić information content (AvgIpc) is 2.36. The smallest absolute Gasteiger partial charge is 0.123 e. The van der Waals surface area contributed by atoms with E-state index in [4.69, 9.17) is 14.6 Å². The molecule has 0 amide bonds. The standard InChI is InChI=1S/C13H21NO3/c1-16-9-10-17-13-6-3-2-5-12(13)11-14-7-4-8-15/h2-3,5-6,14-15H,4,7-11H2,1H3. The monoisotopic (exact) mass is 239 g/mol. The zero-order valence-electron chi connectivity index (χ0n) is 10.3. The van der Waals surface area contributed by atoms with Crippen LogP contribution in [0.5, 0.6) is 5.75 Å². The van der Waals surface area contributed by atoms with Crippen molar-refractivity contribution in [3.05, 3.63) is 29.8 Å². The number of para-hydroxylation sites is 1. The molecule has 0 unspecified atom stereocenters. The molecule has 0 saturated carbocycles. The molecule has 2 N–H and O–H groups in total. The van der Waals surface area contributed by atoms with Crippen molar-refractivity contribution in [2.75, 3.05) is 33.5 Å². The minimum Gasteiger partial charge on any atom is -0.491 e. The van der Waals surface area contributed by atoms with E-state index in [1.807, 2.05) is 24.3 Å². The molecular formula is C13H21NO3. The molecule has 0 aromatic heterocycles. The van der Waals surface area contributed by atoms with Crippen molar-refractivity contribution in [2.45, 2.75) is 13.0 Å². The molecule has 0 fully saturated rings. The first-order valence-electron chi connectivity index (χ1n) is 5.89. The van der Waals surface area contributed by atoms with E-state index < -0.39 is 0 Å². The van der Waals surface area contributed by atoms with E-state index in [2.05, 4.69) is 5.32 Å². The summed E-state index contributed by atoms with van der Waals surface area (Å²) in [4.78, 5) is 0. The van der Waals surface area contributed by atoms with Crippen molar-refractivity contribution in [3.8, 4) is 5.75 Å². The van der Waals surface area contributed by atoms with Crippen LogP contribution in [0.3, 0.4) is 0 Å². The first-order valence-corrected chi connectivity index (χ1v) is 5.89. The molecule has 0 radical (unpaired) electrons. The zero-order valence-corrected chi connectivity index (χ0v) is 10.3. The molecule has 4 heteroatoms. The van der Waals surface area contributed by atoms with Crippen molar-refractivity contribution < 1.29 is 14.6 Å². The summed E-state index contributed by atoms with van der Waals surface area (Å²) in [6.45, 7) is 2.93. The molecule has 1 aromatic carbocycles. The summed E-state index contributed by atoms with van der Waals surface area (Å²) < 4.78 is 10.6. The van der Waals surface area contributed by atoms with Gasteiger partial charge in [0.1, 0.15) is 12.4 Å². The van der Waals surface area contributed by atoms with Crippen LogP contribution in [-0.4, -0.2) is 38.6 Å². The van der Waals surface area contributed by atoms with Gasteiger partial charge in [0.05, 0.1) is 6.61 Å². The van der Waals surface area contributed by atoms with Crippen LogP contribution in [0.1, 0.15) is 12.0 Å².